The summed E-state index contributed by atoms with van der Waals surface area (Å²) in [7, 11) is 4.94. The summed E-state index contributed by atoms with van der Waals surface area (Å²) in [4.78, 5) is 36.0. The largest absolute Gasteiger partial charge is 0.381 e. The van der Waals surface area contributed by atoms with E-state index in [1.54, 1.807) is 0 Å². The first-order valence-electron chi connectivity index (χ1n) is 15.3. The Labute approximate surface area is 239 Å². The summed E-state index contributed by atoms with van der Waals surface area (Å²) in [6, 6.07) is -0.525. The van der Waals surface area contributed by atoms with Gasteiger partial charge in [-0.1, -0.05) is 90.4 Å². The maximum absolute atomic E-state index is 12.9. The van der Waals surface area contributed by atoms with Gasteiger partial charge in [-0.15, -0.1) is 0 Å². The van der Waals surface area contributed by atoms with Gasteiger partial charge in [0.1, 0.15) is 13.2 Å². The van der Waals surface area contributed by atoms with Crippen LogP contribution in [0.1, 0.15) is 103 Å². The van der Waals surface area contributed by atoms with Crippen molar-refractivity contribution in [2.75, 3.05) is 67.8 Å². The molecule has 0 fully saturated rings. The maximum atomic E-state index is 12.9. The fourth-order valence-corrected chi connectivity index (χ4v) is 5.42. The van der Waals surface area contributed by atoms with Crippen LogP contribution in [-0.4, -0.2) is 94.0 Å². The van der Waals surface area contributed by atoms with Crippen molar-refractivity contribution in [1.29, 1.82) is 0 Å². The van der Waals surface area contributed by atoms with E-state index < -0.39 is 25.5 Å². The van der Waals surface area contributed by atoms with Gasteiger partial charge in [0.15, 0.2) is 0 Å². The third kappa shape index (κ3) is 22.4. The van der Waals surface area contributed by atoms with E-state index in [0.29, 0.717) is 17.6 Å². The standard InChI is InChI=1S/C29H60N3O6P/c1-7-8-9-10-11-12-13-14-15-16-17-18-19-20-23-37-26-27(28(33)31(3)29(34)30-2)21-25-39(35,36)38-24-22-32(4,5)6/h27H,7-26H2,1-6H3,(H-,30,34,35,36)/p+1/t27-/m1/s1. The molecule has 39 heavy (non-hydrogen) atoms. The Morgan fingerprint density at radius 1 is 0.872 bits per heavy atom. The summed E-state index contributed by atoms with van der Waals surface area (Å²) >= 11 is 0. The number of hydrogen-bond acceptors (Lipinski definition) is 5. The summed E-state index contributed by atoms with van der Waals surface area (Å²) in [6.07, 6.45) is 17.9. The minimum absolute atomic E-state index is 0.108. The number of urea groups is 1. The second-order valence-corrected chi connectivity index (χ2v) is 13.8. The zero-order valence-electron chi connectivity index (χ0n) is 26.0. The molecule has 232 valence electrons. The van der Waals surface area contributed by atoms with E-state index in [1.807, 2.05) is 21.1 Å². The second kappa shape index (κ2) is 22.7. The highest BCUT2D eigenvalue weighted by molar-refractivity contribution is 7.52. The quantitative estimate of drug-likeness (QED) is 0.0760. The van der Waals surface area contributed by atoms with Crippen LogP contribution in [0.15, 0.2) is 0 Å². The average molecular weight is 579 g/mol. The number of nitrogens with one attached hydrogen (secondary N) is 1. The number of ether oxygens (including phenoxy) is 1. The van der Waals surface area contributed by atoms with Crippen molar-refractivity contribution >= 4 is 19.5 Å². The van der Waals surface area contributed by atoms with Crippen LogP contribution in [-0.2, 0) is 18.6 Å². The Hall–Kier alpha value is -0.990. The zero-order valence-corrected chi connectivity index (χ0v) is 26.9. The summed E-state index contributed by atoms with van der Waals surface area (Å²) in [5, 5.41) is 2.43. The molecule has 0 bridgehead atoms. The van der Waals surface area contributed by atoms with Crippen LogP contribution in [0.5, 0.6) is 0 Å². The van der Waals surface area contributed by atoms with Crippen molar-refractivity contribution in [1.82, 2.24) is 10.2 Å². The SMILES string of the molecule is CCCCCCCCCCCCCCCCOC[C@@H](CCP(=O)(O)OCC[N+](C)(C)C)C(=O)N(C)C(=O)NC. The fourth-order valence-electron chi connectivity index (χ4n) is 4.28. The number of imide groups is 1. The smallest absolute Gasteiger partial charge is 0.328 e. The van der Waals surface area contributed by atoms with Crippen molar-refractivity contribution in [3.05, 3.63) is 0 Å². The van der Waals surface area contributed by atoms with Gasteiger partial charge in [-0.2, -0.15) is 0 Å². The Balaban J connectivity index is 4.24. The van der Waals surface area contributed by atoms with Crippen molar-refractivity contribution in [3.63, 3.8) is 0 Å². The van der Waals surface area contributed by atoms with Crippen molar-refractivity contribution < 1.29 is 32.8 Å². The van der Waals surface area contributed by atoms with E-state index >= 15 is 0 Å². The first-order valence-corrected chi connectivity index (χ1v) is 17.0. The molecule has 9 nitrogen and oxygen atoms in total. The van der Waals surface area contributed by atoms with Crippen LogP contribution >= 0.6 is 7.60 Å². The molecule has 3 amide bonds. The molecular formula is C29H61N3O6P+. The van der Waals surface area contributed by atoms with E-state index in [0.717, 1.165) is 17.7 Å². The summed E-state index contributed by atoms with van der Waals surface area (Å²) in [5.41, 5.74) is 0. The number of likely N-dealkylation sites (N-methyl/N-ethyl adjacent to an activating group) is 1. The molecule has 1 unspecified atom stereocenters. The van der Waals surface area contributed by atoms with Crippen LogP contribution in [0, 0.1) is 5.92 Å². The summed E-state index contributed by atoms with van der Waals surface area (Å²) in [6.45, 7) is 3.64. The number of rotatable bonds is 25. The lowest BCUT2D eigenvalue weighted by Crippen LogP contribution is -2.43. The molecule has 0 aliphatic heterocycles. The van der Waals surface area contributed by atoms with E-state index in [4.69, 9.17) is 9.26 Å². The van der Waals surface area contributed by atoms with Crippen LogP contribution in [0.2, 0.25) is 0 Å². The predicted octanol–water partition coefficient (Wildman–Crippen LogP) is 6.20. The molecule has 10 heteroatoms. The van der Waals surface area contributed by atoms with Gasteiger partial charge in [-0.25, -0.2) is 4.79 Å². The molecule has 0 radical (unpaired) electrons. The topological polar surface area (TPSA) is 105 Å². The zero-order chi connectivity index (χ0) is 29.6. The summed E-state index contributed by atoms with van der Waals surface area (Å²) < 4.78 is 24.1. The van der Waals surface area contributed by atoms with Crippen LogP contribution in [0.25, 0.3) is 0 Å². The number of hydrogen-bond donors (Lipinski definition) is 2. The minimum atomic E-state index is -3.85. The molecule has 0 saturated carbocycles. The maximum Gasteiger partial charge on any atom is 0.328 e. The Bertz CT molecular complexity index is 686. The average Bonchev–Trinajstić information content (AvgIpc) is 2.87. The third-order valence-corrected chi connectivity index (χ3v) is 8.38. The van der Waals surface area contributed by atoms with E-state index in [2.05, 4.69) is 12.2 Å². The van der Waals surface area contributed by atoms with Crippen molar-refractivity contribution in [2.24, 2.45) is 5.92 Å². The highest BCUT2D eigenvalue weighted by Gasteiger charge is 2.30. The van der Waals surface area contributed by atoms with Crippen molar-refractivity contribution in [3.8, 4) is 0 Å². The highest BCUT2D eigenvalue weighted by Crippen LogP contribution is 2.43. The molecule has 0 aliphatic carbocycles. The Morgan fingerprint density at radius 2 is 1.36 bits per heavy atom. The summed E-state index contributed by atoms with van der Waals surface area (Å²) in [5.74, 6) is -1.12. The minimum Gasteiger partial charge on any atom is -0.381 e. The number of nitrogens with zero attached hydrogens (tertiary/aromatic N) is 2. The molecule has 0 rings (SSSR count). The monoisotopic (exact) mass is 578 g/mol. The van der Waals surface area contributed by atoms with Crippen LogP contribution in [0.4, 0.5) is 4.79 Å². The molecular weight excluding hydrogens is 517 g/mol. The van der Waals surface area contributed by atoms with Crippen molar-refractivity contribution in [2.45, 2.75) is 103 Å². The molecule has 2 atom stereocenters. The number of amides is 3. The van der Waals surface area contributed by atoms with Gasteiger partial charge in [0, 0.05) is 20.7 Å². The molecule has 0 spiro atoms. The predicted molar refractivity (Wildman–Crippen MR) is 160 cm³/mol. The third-order valence-electron chi connectivity index (χ3n) is 6.97. The van der Waals surface area contributed by atoms with Crippen LogP contribution in [0.3, 0.4) is 0 Å². The van der Waals surface area contributed by atoms with Gasteiger partial charge in [0.2, 0.25) is 5.91 Å². The molecule has 0 heterocycles. The number of carbonyl (C=O) groups excluding carboxylic acids is 2. The number of carbonyl (C=O) groups is 2. The lowest BCUT2D eigenvalue weighted by atomic mass is 10.0. The molecule has 0 saturated heterocycles. The lowest BCUT2D eigenvalue weighted by molar-refractivity contribution is -0.870. The van der Waals surface area contributed by atoms with Gasteiger partial charge < -0.3 is 24.0 Å². The molecule has 0 aromatic rings. The molecule has 0 aromatic carbocycles. The second-order valence-electron chi connectivity index (χ2n) is 11.8. The Kier molecular flexibility index (Phi) is 22.1. The lowest BCUT2D eigenvalue weighted by Gasteiger charge is -2.25. The van der Waals surface area contributed by atoms with Gasteiger partial charge in [-0.3, -0.25) is 14.3 Å². The van der Waals surface area contributed by atoms with E-state index in [1.165, 1.54) is 91.1 Å². The number of quaternary nitrogens is 1. The fraction of sp³-hybridized carbons (Fsp3) is 0.931. The number of unbranched alkanes of at least 4 members (excludes halogenated alkanes) is 13. The van der Waals surface area contributed by atoms with Crippen LogP contribution < -0.4 is 5.32 Å². The molecule has 0 aromatic heterocycles. The molecule has 2 N–H and O–H groups in total. The van der Waals surface area contributed by atoms with Gasteiger partial charge in [-0.05, 0) is 12.8 Å². The highest BCUT2D eigenvalue weighted by atomic mass is 31.2. The van der Waals surface area contributed by atoms with Gasteiger partial charge in [0.25, 0.3) is 0 Å². The normalized spacial score (nSPS) is 14.1. The Morgan fingerprint density at radius 3 is 1.82 bits per heavy atom. The molecule has 0 aliphatic rings. The van der Waals surface area contributed by atoms with Gasteiger partial charge >= 0.3 is 13.6 Å². The first kappa shape index (κ1) is 38.0. The van der Waals surface area contributed by atoms with E-state index in [9.17, 15) is 19.0 Å². The first-order chi connectivity index (χ1) is 18.4. The van der Waals surface area contributed by atoms with Gasteiger partial charge in [0.05, 0.1) is 39.8 Å². The van der Waals surface area contributed by atoms with E-state index in [-0.39, 0.29) is 25.8 Å².